The van der Waals surface area contributed by atoms with Crippen molar-refractivity contribution in [2.75, 3.05) is 44.8 Å². The number of aromatic nitrogens is 2. The minimum absolute atomic E-state index is 0.179. The van der Waals surface area contributed by atoms with E-state index in [1.165, 1.54) is 6.33 Å². The second-order valence-corrected chi connectivity index (χ2v) is 6.65. The molecule has 0 unspecified atom stereocenters. The third-order valence-electron chi connectivity index (χ3n) is 5.22. The molecule has 1 spiro atoms. The molecule has 1 aromatic rings. The minimum atomic E-state index is -0.407. The number of methoxy groups -OCH3 is 1. The van der Waals surface area contributed by atoms with Gasteiger partial charge in [0, 0.05) is 33.3 Å². The molecule has 0 radical (unpaired) electrons. The van der Waals surface area contributed by atoms with Crippen molar-refractivity contribution < 1.29 is 13.9 Å². The molecule has 2 saturated heterocycles. The number of carbonyl (C=O) groups is 1. The van der Waals surface area contributed by atoms with Gasteiger partial charge in [-0.3, -0.25) is 4.79 Å². The average Bonchev–Trinajstić information content (AvgIpc) is 3.01. The molecule has 1 atom stereocenters. The molecule has 2 fully saturated rings. The fourth-order valence-corrected chi connectivity index (χ4v) is 3.86. The Hall–Kier alpha value is -1.76. The van der Waals surface area contributed by atoms with Gasteiger partial charge in [0.1, 0.15) is 6.33 Å². The number of halogens is 1. The first-order valence-corrected chi connectivity index (χ1v) is 8.64. The molecule has 2 aliphatic rings. The van der Waals surface area contributed by atoms with E-state index in [0.29, 0.717) is 44.2 Å². The number of ether oxygens (including phenoxy) is 1. The molecule has 7 heteroatoms. The zero-order chi connectivity index (χ0) is 17.2. The molecular weight excluding hydrogens is 311 g/mol. The SMILES string of the molecule is CCc1ncnc(N2CC[C@]3(CCCN(CCOC)C3=O)C2)c1F. The number of rotatable bonds is 5. The van der Waals surface area contributed by atoms with Crippen LogP contribution in [0.5, 0.6) is 0 Å². The quantitative estimate of drug-likeness (QED) is 0.818. The summed E-state index contributed by atoms with van der Waals surface area (Å²) in [6.45, 7) is 5.02. The monoisotopic (exact) mass is 336 g/mol. The van der Waals surface area contributed by atoms with Crippen LogP contribution in [0.4, 0.5) is 10.2 Å². The molecule has 3 heterocycles. The Labute approximate surface area is 142 Å². The first kappa shape index (κ1) is 17.1. The van der Waals surface area contributed by atoms with E-state index in [2.05, 4.69) is 9.97 Å². The van der Waals surface area contributed by atoms with Gasteiger partial charge in [0.25, 0.3) is 0 Å². The maximum absolute atomic E-state index is 14.5. The van der Waals surface area contributed by atoms with Gasteiger partial charge < -0.3 is 14.5 Å². The van der Waals surface area contributed by atoms with E-state index in [0.717, 1.165) is 25.8 Å². The van der Waals surface area contributed by atoms with Gasteiger partial charge in [-0.2, -0.15) is 0 Å². The average molecular weight is 336 g/mol. The predicted molar refractivity (Wildman–Crippen MR) is 88.3 cm³/mol. The molecule has 132 valence electrons. The molecule has 0 N–H and O–H groups in total. The highest BCUT2D eigenvalue weighted by molar-refractivity contribution is 5.85. The third kappa shape index (κ3) is 2.97. The highest BCUT2D eigenvalue weighted by Gasteiger charge is 2.48. The molecule has 0 saturated carbocycles. The predicted octanol–water partition coefficient (Wildman–Crippen LogP) is 1.64. The molecular formula is C17H25FN4O2. The third-order valence-corrected chi connectivity index (χ3v) is 5.22. The van der Waals surface area contributed by atoms with Crippen LogP contribution in [-0.4, -0.2) is 60.7 Å². The van der Waals surface area contributed by atoms with Crippen LogP contribution in [-0.2, 0) is 16.0 Å². The highest BCUT2D eigenvalue weighted by atomic mass is 19.1. The van der Waals surface area contributed by atoms with Crippen LogP contribution in [0.1, 0.15) is 31.9 Å². The van der Waals surface area contributed by atoms with Crippen molar-refractivity contribution in [2.24, 2.45) is 5.41 Å². The van der Waals surface area contributed by atoms with Gasteiger partial charge in [0.05, 0.1) is 17.7 Å². The van der Waals surface area contributed by atoms with E-state index >= 15 is 0 Å². The molecule has 6 nitrogen and oxygen atoms in total. The zero-order valence-electron chi connectivity index (χ0n) is 14.4. The first-order chi connectivity index (χ1) is 11.6. The van der Waals surface area contributed by atoms with Gasteiger partial charge in [-0.05, 0) is 25.7 Å². The molecule has 0 bridgehead atoms. The maximum atomic E-state index is 14.5. The van der Waals surface area contributed by atoms with Crippen molar-refractivity contribution in [1.29, 1.82) is 0 Å². The summed E-state index contributed by atoms with van der Waals surface area (Å²) in [7, 11) is 1.64. The fraction of sp³-hybridized carbons (Fsp3) is 0.706. The number of aryl methyl sites for hydroxylation is 1. The van der Waals surface area contributed by atoms with Crippen LogP contribution in [0.2, 0.25) is 0 Å². The van der Waals surface area contributed by atoms with Crippen molar-refractivity contribution in [3.8, 4) is 0 Å². The Morgan fingerprint density at radius 1 is 1.33 bits per heavy atom. The second kappa shape index (κ2) is 7.01. The van der Waals surface area contributed by atoms with Crippen LogP contribution in [0.15, 0.2) is 6.33 Å². The van der Waals surface area contributed by atoms with E-state index in [-0.39, 0.29) is 11.7 Å². The van der Waals surface area contributed by atoms with Crippen molar-refractivity contribution >= 4 is 11.7 Å². The van der Waals surface area contributed by atoms with E-state index < -0.39 is 5.41 Å². The molecule has 24 heavy (non-hydrogen) atoms. The Kier molecular flexibility index (Phi) is 4.99. The van der Waals surface area contributed by atoms with Crippen molar-refractivity contribution in [3.05, 3.63) is 17.8 Å². The number of piperidine rings is 1. The van der Waals surface area contributed by atoms with E-state index in [4.69, 9.17) is 4.74 Å². The van der Waals surface area contributed by atoms with Crippen LogP contribution < -0.4 is 4.90 Å². The van der Waals surface area contributed by atoms with Crippen molar-refractivity contribution in [3.63, 3.8) is 0 Å². The van der Waals surface area contributed by atoms with E-state index in [9.17, 15) is 9.18 Å². The summed E-state index contributed by atoms with van der Waals surface area (Å²) in [5, 5.41) is 0. The van der Waals surface area contributed by atoms with Crippen LogP contribution >= 0.6 is 0 Å². The van der Waals surface area contributed by atoms with Gasteiger partial charge >= 0.3 is 0 Å². The van der Waals surface area contributed by atoms with E-state index in [1.54, 1.807) is 7.11 Å². The highest BCUT2D eigenvalue weighted by Crippen LogP contribution is 2.41. The molecule has 0 aliphatic carbocycles. The standard InChI is InChI=1S/C17H25FN4O2/c1-3-13-14(18)15(20-12-19-13)22-8-6-17(11-22)5-4-7-21(16(17)23)9-10-24-2/h12H,3-11H2,1-2H3/t17-/m1/s1. The summed E-state index contributed by atoms with van der Waals surface area (Å²) in [6.07, 6.45) is 4.54. The number of amides is 1. The molecule has 2 aliphatic heterocycles. The van der Waals surface area contributed by atoms with Gasteiger partial charge in [0.15, 0.2) is 11.6 Å². The smallest absolute Gasteiger partial charge is 0.230 e. The zero-order valence-corrected chi connectivity index (χ0v) is 14.4. The minimum Gasteiger partial charge on any atom is -0.383 e. The normalized spacial score (nSPS) is 24.2. The van der Waals surface area contributed by atoms with Crippen molar-refractivity contribution in [1.82, 2.24) is 14.9 Å². The van der Waals surface area contributed by atoms with Gasteiger partial charge in [-0.25, -0.2) is 14.4 Å². The summed E-state index contributed by atoms with van der Waals surface area (Å²) in [6, 6.07) is 0. The molecule has 3 rings (SSSR count). The van der Waals surface area contributed by atoms with Crippen LogP contribution in [0, 0.1) is 11.2 Å². The Balaban J connectivity index is 1.78. The number of likely N-dealkylation sites (tertiary alicyclic amines) is 1. The number of anilines is 1. The molecule has 1 amide bonds. The number of carbonyl (C=O) groups excluding carboxylic acids is 1. The topological polar surface area (TPSA) is 58.6 Å². The Morgan fingerprint density at radius 3 is 2.92 bits per heavy atom. The van der Waals surface area contributed by atoms with E-state index in [1.807, 2.05) is 16.7 Å². The van der Waals surface area contributed by atoms with Crippen molar-refractivity contribution in [2.45, 2.75) is 32.6 Å². The fourth-order valence-electron chi connectivity index (χ4n) is 3.86. The lowest BCUT2D eigenvalue weighted by Crippen LogP contribution is -2.51. The number of nitrogens with zero attached hydrogens (tertiary/aromatic N) is 4. The molecule has 1 aromatic heterocycles. The Bertz CT molecular complexity index is 612. The van der Waals surface area contributed by atoms with Crippen LogP contribution in [0.25, 0.3) is 0 Å². The second-order valence-electron chi connectivity index (χ2n) is 6.65. The summed E-state index contributed by atoms with van der Waals surface area (Å²) in [5.74, 6) is 0.163. The van der Waals surface area contributed by atoms with Gasteiger partial charge in [0.2, 0.25) is 5.91 Å². The lowest BCUT2D eigenvalue weighted by Gasteiger charge is -2.39. The largest absolute Gasteiger partial charge is 0.383 e. The summed E-state index contributed by atoms with van der Waals surface area (Å²) >= 11 is 0. The maximum Gasteiger partial charge on any atom is 0.230 e. The lowest BCUT2D eigenvalue weighted by molar-refractivity contribution is -0.145. The van der Waals surface area contributed by atoms with Gasteiger partial charge in [-0.15, -0.1) is 0 Å². The summed E-state index contributed by atoms with van der Waals surface area (Å²) in [5.41, 5.74) is 0.0214. The Morgan fingerprint density at radius 2 is 2.17 bits per heavy atom. The first-order valence-electron chi connectivity index (χ1n) is 8.64. The summed E-state index contributed by atoms with van der Waals surface area (Å²) < 4.78 is 19.6. The van der Waals surface area contributed by atoms with Gasteiger partial charge in [-0.1, -0.05) is 6.92 Å². The number of hydrogen-bond donors (Lipinski definition) is 0. The molecule has 0 aromatic carbocycles. The number of hydrogen-bond acceptors (Lipinski definition) is 5. The summed E-state index contributed by atoms with van der Waals surface area (Å²) in [4.78, 5) is 24.9. The van der Waals surface area contributed by atoms with Crippen LogP contribution in [0.3, 0.4) is 0 Å². The lowest BCUT2D eigenvalue weighted by atomic mass is 9.78.